The standard InChI is InChI=1S/C18H17NO4S/c20-16(13-6-10-24-15(13)17(21)22)19-9-8-18(11-19)7-5-12-3-1-2-4-14(12)23-18/h1-4,6,10H,5,7-9,11H2,(H,21,22). The van der Waals surface area contributed by atoms with Gasteiger partial charge in [-0.3, -0.25) is 4.79 Å². The first-order chi connectivity index (χ1) is 11.6. The third kappa shape index (κ3) is 2.47. The molecule has 0 radical (unpaired) electrons. The molecule has 24 heavy (non-hydrogen) atoms. The van der Waals surface area contributed by atoms with E-state index >= 15 is 0 Å². The van der Waals surface area contributed by atoms with Crippen molar-refractivity contribution >= 4 is 23.2 Å². The van der Waals surface area contributed by atoms with Gasteiger partial charge >= 0.3 is 5.97 Å². The highest BCUT2D eigenvalue weighted by Crippen LogP contribution is 2.39. The van der Waals surface area contributed by atoms with Crippen molar-refractivity contribution in [1.82, 2.24) is 4.90 Å². The van der Waals surface area contributed by atoms with Crippen LogP contribution < -0.4 is 4.74 Å². The lowest BCUT2D eigenvalue weighted by atomic mass is 9.90. The number of rotatable bonds is 2. The van der Waals surface area contributed by atoms with E-state index in [2.05, 4.69) is 6.07 Å². The third-order valence-corrected chi connectivity index (χ3v) is 5.74. The number of ether oxygens (including phenoxy) is 1. The van der Waals surface area contributed by atoms with Gasteiger partial charge in [0.15, 0.2) is 0 Å². The number of para-hydroxylation sites is 1. The van der Waals surface area contributed by atoms with E-state index in [9.17, 15) is 14.7 Å². The number of nitrogens with zero attached hydrogens (tertiary/aromatic N) is 1. The van der Waals surface area contributed by atoms with Crippen molar-refractivity contribution in [2.75, 3.05) is 13.1 Å². The van der Waals surface area contributed by atoms with Crippen LogP contribution in [0.3, 0.4) is 0 Å². The second-order valence-electron chi connectivity index (χ2n) is 6.34. The fraction of sp³-hybridized carbons (Fsp3) is 0.333. The molecule has 2 aliphatic rings. The van der Waals surface area contributed by atoms with Crippen LogP contribution in [0.4, 0.5) is 0 Å². The Bertz CT molecular complexity index is 815. The number of carboxylic acids is 1. The maximum Gasteiger partial charge on any atom is 0.346 e. The molecule has 0 bridgehead atoms. The first-order valence-corrected chi connectivity index (χ1v) is 8.83. The molecule has 6 heteroatoms. The molecule has 1 atom stereocenters. The first kappa shape index (κ1) is 15.2. The van der Waals surface area contributed by atoms with Gasteiger partial charge in [0.25, 0.3) is 5.91 Å². The number of hydrogen-bond donors (Lipinski definition) is 1. The number of carbonyl (C=O) groups is 2. The van der Waals surface area contributed by atoms with Crippen LogP contribution >= 0.6 is 11.3 Å². The average molecular weight is 343 g/mol. The largest absolute Gasteiger partial charge is 0.485 e. The summed E-state index contributed by atoms with van der Waals surface area (Å²) in [6.45, 7) is 1.10. The maximum absolute atomic E-state index is 12.7. The summed E-state index contributed by atoms with van der Waals surface area (Å²) in [4.78, 5) is 25.8. The molecule has 5 nitrogen and oxygen atoms in total. The summed E-state index contributed by atoms with van der Waals surface area (Å²) in [5.41, 5.74) is 1.14. The summed E-state index contributed by atoms with van der Waals surface area (Å²) in [7, 11) is 0. The number of aromatic carboxylic acids is 1. The number of amides is 1. The van der Waals surface area contributed by atoms with Crippen LogP contribution in [0, 0.1) is 0 Å². The molecule has 1 amide bonds. The molecule has 1 fully saturated rings. The van der Waals surface area contributed by atoms with Crippen molar-refractivity contribution < 1.29 is 19.4 Å². The van der Waals surface area contributed by atoms with Crippen molar-refractivity contribution in [2.24, 2.45) is 0 Å². The van der Waals surface area contributed by atoms with Crippen molar-refractivity contribution in [3.05, 3.63) is 51.7 Å². The van der Waals surface area contributed by atoms with Gasteiger partial charge < -0.3 is 14.7 Å². The Hall–Kier alpha value is -2.34. The lowest BCUT2D eigenvalue weighted by Gasteiger charge is -2.35. The van der Waals surface area contributed by atoms with Gasteiger partial charge in [0.1, 0.15) is 16.2 Å². The molecule has 124 valence electrons. The molecule has 2 aromatic rings. The summed E-state index contributed by atoms with van der Waals surface area (Å²) in [5, 5.41) is 10.9. The lowest BCUT2D eigenvalue weighted by molar-refractivity contribution is 0.0483. The van der Waals surface area contributed by atoms with Crippen LogP contribution in [0.1, 0.15) is 38.4 Å². The first-order valence-electron chi connectivity index (χ1n) is 7.95. The number of likely N-dealkylation sites (tertiary alicyclic amines) is 1. The van der Waals surface area contributed by atoms with E-state index in [-0.39, 0.29) is 21.9 Å². The van der Waals surface area contributed by atoms with Crippen molar-refractivity contribution in [3.8, 4) is 5.75 Å². The minimum Gasteiger partial charge on any atom is -0.485 e. The average Bonchev–Trinajstić information content (AvgIpc) is 3.22. The third-order valence-electron chi connectivity index (χ3n) is 4.84. The molecule has 1 aromatic carbocycles. The summed E-state index contributed by atoms with van der Waals surface area (Å²) >= 11 is 1.08. The number of carbonyl (C=O) groups excluding carboxylic acids is 1. The van der Waals surface area contributed by atoms with Gasteiger partial charge in [-0.15, -0.1) is 11.3 Å². The van der Waals surface area contributed by atoms with E-state index in [1.54, 1.807) is 16.3 Å². The number of carboxylic acid groups (broad SMARTS) is 1. The molecule has 1 N–H and O–H groups in total. The van der Waals surface area contributed by atoms with E-state index in [1.165, 1.54) is 5.56 Å². The number of benzene rings is 1. The highest BCUT2D eigenvalue weighted by atomic mass is 32.1. The number of hydrogen-bond acceptors (Lipinski definition) is 4. The second-order valence-corrected chi connectivity index (χ2v) is 7.25. The zero-order valence-corrected chi connectivity index (χ0v) is 13.8. The van der Waals surface area contributed by atoms with Crippen LogP contribution in [0.15, 0.2) is 35.7 Å². The molecule has 2 aliphatic heterocycles. The fourth-order valence-electron chi connectivity index (χ4n) is 3.58. The number of thiophene rings is 1. The summed E-state index contributed by atoms with van der Waals surface area (Å²) in [5.74, 6) is -0.363. The fourth-order valence-corrected chi connectivity index (χ4v) is 4.30. The monoisotopic (exact) mass is 343 g/mol. The SMILES string of the molecule is O=C(O)c1sccc1C(=O)N1CCC2(CCc3ccccc3O2)C1. The highest BCUT2D eigenvalue weighted by molar-refractivity contribution is 7.12. The van der Waals surface area contributed by atoms with E-state index < -0.39 is 5.97 Å². The Morgan fingerprint density at radius 2 is 2.04 bits per heavy atom. The van der Waals surface area contributed by atoms with Gasteiger partial charge in [0, 0.05) is 13.0 Å². The van der Waals surface area contributed by atoms with E-state index in [0.29, 0.717) is 13.1 Å². The molecule has 0 saturated carbocycles. The predicted octanol–water partition coefficient (Wildman–Crippen LogP) is 3.06. The van der Waals surface area contributed by atoms with Gasteiger partial charge in [-0.05, 0) is 35.9 Å². The molecule has 0 aliphatic carbocycles. The normalized spacial score (nSPS) is 22.2. The van der Waals surface area contributed by atoms with E-state index in [4.69, 9.17) is 4.74 Å². The topological polar surface area (TPSA) is 66.8 Å². The van der Waals surface area contributed by atoms with Crippen LogP contribution in [0.2, 0.25) is 0 Å². The molecule has 4 rings (SSSR count). The van der Waals surface area contributed by atoms with Gasteiger partial charge in [-0.25, -0.2) is 4.79 Å². The molecule has 1 spiro atoms. The van der Waals surface area contributed by atoms with Crippen LogP contribution in [0.25, 0.3) is 0 Å². The van der Waals surface area contributed by atoms with Crippen molar-refractivity contribution in [2.45, 2.75) is 24.9 Å². The van der Waals surface area contributed by atoms with Gasteiger partial charge in [0.2, 0.25) is 0 Å². The summed E-state index contributed by atoms with van der Waals surface area (Å²) < 4.78 is 6.25. The minimum atomic E-state index is -1.05. The second kappa shape index (κ2) is 5.63. The Labute approximate surface area is 143 Å². The number of fused-ring (bicyclic) bond motifs is 1. The van der Waals surface area contributed by atoms with Crippen molar-refractivity contribution in [1.29, 1.82) is 0 Å². The summed E-state index contributed by atoms with van der Waals surface area (Å²) in [6.07, 6.45) is 2.60. The van der Waals surface area contributed by atoms with Gasteiger partial charge in [0.05, 0.1) is 12.1 Å². The lowest BCUT2D eigenvalue weighted by Crippen LogP contribution is -2.43. The molecule has 1 aromatic heterocycles. The Morgan fingerprint density at radius 3 is 2.88 bits per heavy atom. The highest BCUT2D eigenvalue weighted by Gasteiger charge is 2.44. The molecular formula is C18H17NO4S. The zero-order valence-electron chi connectivity index (χ0n) is 13.0. The van der Waals surface area contributed by atoms with Gasteiger partial charge in [-0.2, -0.15) is 0 Å². The minimum absolute atomic E-state index is 0.107. The van der Waals surface area contributed by atoms with E-state index in [1.807, 2.05) is 18.2 Å². The van der Waals surface area contributed by atoms with Crippen LogP contribution in [0.5, 0.6) is 5.75 Å². The predicted molar refractivity (Wildman–Crippen MR) is 89.9 cm³/mol. The molecule has 3 heterocycles. The van der Waals surface area contributed by atoms with Crippen molar-refractivity contribution in [3.63, 3.8) is 0 Å². The zero-order chi connectivity index (χ0) is 16.7. The Morgan fingerprint density at radius 1 is 1.21 bits per heavy atom. The van der Waals surface area contributed by atoms with Gasteiger partial charge in [-0.1, -0.05) is 18.2 Å². The quantitative estimate of drug-likeness (QED) is 0.910. The molecule has 1 unspecified atom stereocenters. The van der Waals surface area contributed by atoms with E-state index in [0.717, 1.165) is 36.3 Å². The Balaban J connectivity index is 1.54. The molecular weight excluding hydrogens is 326 g/mol. The van der Waals surface area contributed by atoms with Crippen LogP contribution in [-0.2, 0) is 6.42 Å². The Kier molecular flexibility index (Phi) is 3.57. The molecule has 1 saturated heterocycles. The van der Waals surface area contributed by atoms with Crippen LogP contribution in [-0.4, -0.2) is 40.6 Å². The smallest absolute Gasteiger partial charge is 0.346 e. The number of aryl methyl sites for hydroxylation is 1. The summed E-state index contributed by atoms with van der Waals surface area (Å²) in [6, 6.07) is 9.61. The maximum atomic E-state index is 12.7.